The number of unbranched alkanes of at least 4 members (excludes halogenated alkanes) is 2. The van der Waals surface area contributed by atoms with Crippen LogP contribution in [0.2, 0.25) is 0 Å². The maximum absolute atomic E-state index is 13.6. The highest BCUT2D eigenvalue weighted by Gasteiger charge is 2.08. The van der Waals surface area contributed by atoms with E-state index in [2.05, 4.69) is 15.6 Å². The summed E-state index contributed by atoms with van der Waals surface area (Å²) in [6, 6.07) is 6.41. The number of rotatable bonds is 11. The predicted molar refractivity (Wildman–Crippen MR) is 112 cm³/mol. The number of para-hydroxylation sites is 1. The van der Waals surface area contributed by atoms with Crippen molar-refractivity contribution in [2.45, 2.75) is 39.2 Å². The molecule has 0 fully saturated rings. The van der Waals surface area contributed by atoms with Crippen molar-refractivity contribution in [2.75, 3.05) is 33.4 Å². The second-order valence-corrected chi connectivity index (χ2v) is 5.56. The molecule has 7 heteroatoms. The molecule has 0 spiro atoms. The van der Waals surface area contributed by atoms with Gasteiger partial charge in [0.25, 0.3) is 0 Å². The van der Waals surface area contributed by atoms with Gasteiger partial charge in [-0.1, -0.05) is 12.1 Å². The van der Waals surface area contributed by atoms with Crippen LogP contribution in [-0.4, -0.2) is 45.4 Å². The van der Waals surface area contributed by atoms with Gasteiger partial charge in [-0.15, -0.1) is 24.0 Å². The normalized spacial score (nSPS) is 12.2. The van der Waals surface area contributed by atoms with Crippen molar-refractivity contribution in [3.63, 3.8) is 0 Å². The van der Waals surface area contributed by atoms with Crippen LogP contribution in [0.25, 0.3) is 0 Å². The van der Waals surface area contributed by atoms with E-state index in [0.717, 1.165) is 44.9 Å². The minimum atomic E-state index is -0.352. The van der Waals surface area contributed by atoms with E-state index in [1.54, 1.807) is 25.3 Å². The highest BCUT2D eigenvalue weighted by Crippen LogP contribution is 2.16. The molecule has 1 aromatic carbocycles. The number of nitrogens with one attached hydrogen (secondary N) is 2. The number of halogens is 2. The number of ether oxygens (including phenoxy) is 2. The Labute approximate surface area is 167 Å². The third kappa shape index (κ3) is 11.2. The number of benzene rings is 1. The lowest BCUT2D eigenvalue weighted by Crippen LogP contribution is -2.38. The Bertz CT molecular complexity index is 489. The zero-order valence-electron chi connectivity index (χ0n) is 15.4. The molecule has 25 heavy (non-hydrogen) atoms. The highest BCUT2D eigenvalue weighted by molar-refractivity contribution is 14.0. The van der Waals surface area contributed by atoms with E-state index in [1.807, 2.05) is 13.8 Å². The summed E-state index contributed by atoms with van der Waals surface area (Å²) in [5, 5.41) is 6.50. The fraction of sp³-hybridized carbons (Fsp3) is 0.611. The zero-order valence-corrected chi connectivity index (χ0v) is 17.7. The zero-order chi connectivity index (χ0) is 17.6. The van der Waals surface area contributed by atoms with Crippen LogP contribution in [0.15, 0.2) is 29.3 Å². The lowest BCUT2D eigenvalue weighted by Gasteiger charge is -2.15. The average Bonchev–Trinajstić information content (AvgIpc) is 2.57. The summed E-state index contributed by atoms with van der Waals surface area (Å²) < 4.78 is 24.2. The first-order chi connectivity index (χ1) is 11.7. The third-order valence-electron chi connectivity index (χ3n) is 3.33. The van der Waals surface area contributed by atoms with Crippen molar-refractivity contribution in [3.05, 3.63) is 30.1 Å². The van der Waals surface area contributed by atoms with Crippen LogP contribution >= 0.6 is 24.0 Å². The van der Waals surface area contributed by atoms with Crippen molar-refractivity contribution < 1.29 is 13.9 Å². The van der Waals surface area contributed by atoms with E-state index in [9.17, 15) is 4.39 Å². The number of guanidine groups is 1. The van der Waals surface area contributed by atoms with Crippen molar-refractivity contribution in [2.24, 2.45) is 4.99 Å². The molecule has 0 bridgehead atoms. The van der Waals surface area contributed by atoms with Crippen LogP contribution in [0.1, 0.15) is 33.1 Å². The molecule has 0 amide bonds. The van der Waals surface area contributed by atoms with Gasteiger partial charge in [0, 0.05) is 26.8 Å². The number of methoxy groups -OCH3 is 1. The minimum absolute atomic E-state index is 0. The molecule has 2 N–H and O–H groups in total. The Morgan fingerprint density at radius 3 is 2.64 bits per heavy atom. The quantitative estimate of drug-likeness (QED) is 0.226. The van der Waals surface area contributed by atoms with E-state index >= 15 is 0 Å². The van der Waals surface area contributed by atoms with Gasteiger partial charge in [-0.05, 0) is 45.2 Å². The molecule has 0 saturated heterocycles. The Kier molecular flexibility index (Phi) is 14.5. The van der Waals surface area contributed by atoms with Crippen molar-refractivity contribution >= 4 is 29.9 Å². The molecule has 0 saturated carbocycles. The molecular formula is C18H31FIN3O2. The summed E-state index contributed by atoms with van der Waals surface area (Å²) in [5.41, 5.74) is 0. The van der Waals surface area contributed by atoms with Gasteiger partial charge in [0.05, 0.1) is 6.54 Å². The van der Waals surface area contributed by atoms with Crippen molar-refractivity contribution in [1.82, 2.24) is 10.6 Å². The summed E-state index contributed by atoms with van der Waals surface area (Å²) in [6.45, 7) is 6.81. The Morgan fingerprint density at radius 2 is 1.96 bits per heavy atom. The third-order valence-corrected chi connectivity index (χ3v) is 3.33. The van der Waals surface area contributed by atoms with E-state index in [4.69, 9.17) is 9.47 Å². The summed E-state index contributed by atoms with van der Waals surface area (Å²) in [5.74, 6) is 0.666. The first-order valence-corrected chi connectivity index (χ1v) is 8.59. The maximum Gasteiger partial charge on any atom is 0.191 e. The maximum atomic E-state index is 13.6. The molecule has 0 aliphatic heterocycles. The Hall–Kier alpha value is -1.09. The van der Waals surface area contributed by atoms with Crippen LogP contribution in [0.3, 0.4) is 0 Å². The molecule has 1 aromatic rings. The van der Waals surface area contributed by atoms with Gasteiger partial charge in [-0.25, -0.2) is 9.38 Å². The van der Waals surface area contributed by atoms with Gasteiger partial charge in [-0.3, -0.25) is 0 Å². The van der Waals surface area contributed by atoms with Crippen LogP contribution < -0.4 is 15.4 Å². The fourth-order valence-corrected chi connectivity index (χ4v) is 2.11. The van der Waals surface area contributed by atoms with Crippen molar-refractivity contribution in [3.8, 4) is 5.75 Å². The average molecular weight is 467 g/mol. The minimum Gasteiger partial charge on any atom is -0.486 e. The number of hydrogen-bond donors (Lipinski definition) is 2. The first kappa shape index (κ1) is 23.9. The molecule has 0 aliphatic rings. The topological polar surface area (TPSA) is 54.9 Å². The predicted octanol–water partition coefficient (Wildman–Crippen LogP) is 3.58. The molecule has 1 atom stereocenters. The van der Waals surface area contributed by atoms with Gasteiger partial charge >= 0.3 is 0 Å². The fourth-order valence-electron chi connectivity index (χ4n) is 2.11. The largest absolute Gasteiger partial charge is 0.486 e. The monoisotopic (exact) mass is 467 g/mol. The Morgan fingerprint density at radius 1 is 1.20 bits per heavy atom. The molecule has 0 radical (unpaired) electrons. The van der Waals surface area contributed by atoms with Gasteiger partial charge in [0.15, 0.2) is 17.5 Å². The highest BCUT2D eigenvalue weighted by atomic mass is 127. The summed E-state index contributed by atoms with van der Waals surface area (Å²) in [6.07, 6.45) is 3.04. The molecule has 1 rings (SSSR count). The SMILES string of the molecule is CCNC(=NCC(C)Oc1ccccc1F)NCCCCCOC.I. The van der Waals surface area contributed by atoms with Gasteiger partial charge in [-0.2, -0.15) is 0 Å². The molecule has 0 heterocycles. The van der Waals surface area contributed by atoms with E-state index in [-0.39, 0.29) is 41.6 Å². The summed E-state index contributed by atoms with van der Waals surface area (Å²) >= 11 is 0. The second-order valence-electron chi connectivity index (χ2n) is 5.56. The van der Waals surface area contributed by atoms with Crippen LogP contribution in [-0.2, 0) is 4.74 Å². The number of nitrogens with zero attached hydrogens (tertiary/aromatic N) is 1. The van der Waals surface area contributed by atoms with E-state index < -0.39 is 0 Å². The lowest BCUT2D eigenvalue weighted by atomic mass is 10.2. The van der Waals surface area contributed by atoms with Crippen LogP contribution in [0.5, 0.6) is 5.75 Å². The molecule has 5 nitrogen and oxygen atoms in total. The Balaban J connectivity index is 0.00000576. The standard InChI is InChI=1S/C18H30FN3O2.HI/c1-4-20-18(21-12-8-5-9-13-23-3)22-14-15(2)24-17-11-7-6-10-16(17)19;/h6-7,10-11,15H,4-5,8-9,12-14H2,1-3H3,(H2,20,21,22);1H. The molecule has 1 unspecified atom stereocenters. The molecule has 0 aliphatic carbocycles. The summed E-state index contributed by atoms with van der Waals surface area (Å²) in [4.78, 5) is 4.50. The second kappa shape index (κ2) is 15.2. The lowest BCUT2D eigenvalue weighted by molar-refractivity contribution is 0.192. The molecule has 144 valence electrons. The van der Waals surface area contributed by atoms with E-state index in [1.165, 1.54) is 6.07 Å². The van der Waals surface area contributed by atoms with Crippen LogP contribution in [0, 0.1) is 5.82 Å². The van der Waals surface area contributed by atoms with Gasteiger partial charge < -0.3 is 20.1 Å². The number of aliphatic imine (C=N–C) groups is 1. The van der Waals surface area contributed by atoms with Gasteiger partial charge in [0.2, 0.25) is 0 Å². The molecule has 0 aromatic heterocycles. The van der Waals surface area contributed by atoms with Crippen LogP contribution in [0.4, 0.5) is 4.39 Å². The smallest absolute Gasteiger partial charge is 0.191 e. The van der Waals surface area contributed by atoms with Crippen molar-refractivity contribution in [1.29, 1.82) is 0 Å². The first-order valence-electron chi connectivity index (χ1n) is 8.59. The van der Waals surface area contributed by atoms with Gasteiger partial charge in [0.1, 0.15) is 6.10 Å². The van der Waals surface area contributed by atoms with E-state index in [0.29, 0.717) is 6.54 Å². The molecular weight excluding hydrogens is 436 g/mol. The summed E-state index contributed by atoms with van der Waals surface area (Å²) in [7, 11) is 1.72. The number of hydrogen-bond acceptors (Lipinski definition) is 3.